The molecule has 27 heavy (non-hydrogen) atoms. The van der Waals surface area contributed by atoms with E-state index in [9.17, 15) is 18.0 Å². The minimum atomic E-state index is -3.62. The summed E-state index contributed by atoms with van der Waals surface area (Å²) in [6.07, 6.45) is 0. The molecule has 2 amide bonds. The van der Waals surface area contributed by atoms with Crippen LogP contribution in [0, 0.1) is 0 Å². The maximum atomic E-state index is 12.6. The third-order valence-electron chi connectivity index (χ3n) is 3.92. The van der Waals surface area contributed by atoms with Crippen LogP contribution in [0.5, 0.6) is 0 Å². The maximum absolute atomic E-state index is 12.6. The number of sulfone groups is 1. The van der Waals surface area contributed by atoms with Crippen LogP contribution in [0.25, 0.3) is 0 Å². The van der Waals surface area contributed by atoms with Crippen LogP contribution in [0.3, 0.4) is 0 Å². The molecular formula is C19H21ClN2O4S. The number of benzene rings is 2. The predicted molar refractivity (Wildman–Crippen MR) is 106 cm³/mol. The molecule has 0 fully saturated rings. The number of carbonyl (C=O) groups excluding carboxylic acids is 2. The quantitative estimate of drug-likeness (QED) is 0.820. The lowest BCUT2D eigenvalue weighted by molar-refractivity contribution is 0.0827. The highest BCUT2D eigenvalue weighted by molar-refractivity contribution is 7.92. The van der Waals surface area contributed by atoms with Crippen molar-refractivity contribution in [3.05, 3.63) is 58.6 Å². The molecule has 0 aliphatic heterocycles. The summed E-state index contributed by atoms with van der Waals surface area (Å²) < 4.78 is 25.0. The van der Waals surface area contributed by atoms with Crippen molar-refractivity contribution in [2.45, 2.75) is 24.0 Å². The summed E-state index contributed by atoms with van der Waals surface area (Å²) >= 11 is 6.15. The molecule has 0 heterocycles. The van der Waals surface area contributed by atoms with E-state index in [1.165, 1.54) is 29.2 Å². The molecule has 0 saturated carbocycles. The van der Waals surface area contributed by atoms with Crippen LogP contribution in [0.4, 0.5) is 5.69 Å². The summed E-state index contributed by atoms with van der Waals surface area (Å²) in [4.78, 5) is 26.0. The van der Waals surface area contributed by atoms with Gasteiger partial charge in [0.2, 0.25) is 0 Å². The van der Waals surface area contributed by atoms with E-state index in [0.717, 1.165) is 0 Å². The van der Waals surface area contributed by atoms with E-state index in [2.05, 4.69) is 5.32 Å². The van der Waals surface area contributed by atoms with Gasteiger partial charge in [-0.3, -0.25) is 9.59 Å². The van der Waals surface area contributed by atoms with Gasteiger partial charge in [0.05, 0.1) is 26.3 Å². The van der Waals surface area contributed by atoms with Crippen LogP contribution in [0.2, 0.25) is 5.02 Å². The molecule has 0 unspecified atom stereocenters. The molecule has 2 rings (SSSR count). The van der Waals surface area contributed by atoms with Crippen molar-refractivity contribution >= 4 is 38.9 Å². The van der Waals surface area contributed by atoms with Crippen molar-refractivity contribution < 1.29 is 18.0 Å². The molecule has 0 atom stereocenters. The van der Waals surface area contributed by atoms with Crippen molar-refractivity contribution in [2.24, 2.45) is 0 Å². The molecular weight excluding hydrogens is 388 g/mol. The van der Waals surface area contributed by atoms with Gasteiger partial charge in [0.1, 0.15) is 0 Å². The van der Waals surface area contributed by atoms with Crippen LogP contribution in [-0.4, -0.2) is 44.5 Å². The Morgan fingerprint density at radius 3 is 2.22 bits per heavy atom. The monoisotopic (exact) mass is 408 g/mol. The minimum absolute atomic E-state index is 0.0250. The fourth-order valence-corrected chi connectivity index (χ4v) is 3.87. The van der Waals surface area contributed by atoms with E-state index in [1.807, 2.05) is 0 Å². The second-order valence-corrected chi connectivity index (χ2v) is 9.32. The highest BCUT2D eigenvalue weighted by Gasteiger charge is 2.25. The molecule has 2 aromatic rings. The zero-order valence-electron chi connectivity index (χ0n) is 15.5. The lowest BCUT2D eigenvalue weighted by atomic mass is 10.1. The van der Waals surface area contributed by atoms with Gasteiger partial charge in [-0.25, -0.2) is 8.42 Å². The van der Waals surface area contributed by atoms with Crippen molar-refractivity contribution in [3.63, 3.8) is 0 Å². The molecule has 6 nitrogen and oxygen atoms in total. The number of halogens is 1. The summed E-state index contributed by atoms with van der Waals surface area (Å²) in [6.45, 7) is 3.12. The van der Waals surface area contributed by atoms with Gasteiger partial charge in [0, 0.05) is 19.8 Å². The summed E-state index contributed by atoms with van der Waals surface area (Å²) in [5, 5.41) is 2.17. The van der Waals surface area contributed by atoms with Crippen molar-refractivity contribution in [2.75, 3.05) is 19.4 Å². The highest BCUT2D eigenvalue weighted by atomic mass is 35.5. The van der Waals surface area contributed by atoms with E-state index in [1.54, 1.807) is 46.1 Å². The largest absolute Gasteiger partial charge is 0.345 e. The average molecular weight is 409 g/mol. The summed E-state index contributed by atoms with van der Waals surface area (Å²) in [5.41, 5.74) is 0.718. The van der Waals surface area contributed by atoms with Crippen LogP contribution >= 0.6 is 11.6 Å². The van der Waals surface area contributed by atoms with Gasteiger partial charge in [-0.2, -0.15) is 0 Å². The third kappa shape index (κ3) is 4.48. The molecule has 8 heteroatoms. The maximum Gasteiger partial charge on any atom is 0.256 e. The number of nitrogens with one attached hydrogen (secondary N) is 1. The van der Waals surface area contributed by atoms with Gasteiger partial charge >= 0.3 is 0 Å². The van der Waals surface area contributed by atoms with Gasteiger partial charge in [-0.05, 0) is 44.2 Å². The SMILES string of the molecule is CC(C)S(=O)(=O)c1ccccc1C(=O)Nc1ccc(C(=O)N(C)C)c(Cl)c1. The number of nitrogens with zero attached hydrogens (tertiary/aromatic N) is 1. The first-order chi connectivity index (χ1) is 12.6. The first kappa shape index (κ1) is 20.9. The van der Waals surface area contributed by atoms with Gasteiger partial charge in [0.15, 0.2) is 9.84 Å². The normalized spacial score (nSPS) is 11.3. The Morgan fingerprint density at radius 1 is 1.04 bits per heavy atom. The molecule has 0 aliphatic rings. The Kier molecular flexibility index (Phi) is 6.28. The summed E-state index contributed by atoms with van der Waals surface area (Å²) in [7, 11) is -0.394. The molecule has 0 aliphatic carbocycles. The smallest absolute Gasteiger partial charge is 0.256 e. The lowest BCUT2D eigenvalue weighted by Gasteiger charge is -2.14. The topological polar surface area (TPSA) is 83.5 Å². The molecule has 0 radical (unpaired) electrons. The number of carbonyl (C=O) groups is 2. The fourth-order valence-electron chi connectivity index (χ4n) is 2.36. The molecule has 0 spiro atoms. The second kappa shape index (κ2) is 8.10. The molecule has 0 saturated heterocycles. The summed E-state index contributed by atoms with van der Waals surface area (Å²) in [6, 6.07) is 10.5. The Labute approximate surface area is 164 Å². The predicted octanol–water partition coefficient (Wildman–Crippen LogP) is 3.48. The van der Waals surface area contributed by atoms with Crippen LogP contribution in [-0.2, 0) is 9.84 Å². The van der Waals surface area contributed by atoms with Crippen molar-refractivity contribution in [3.8, 4) is 0 Å². The lowest BCUT2D eigenvalue weighted by Crippen LogP contribution is -2.22. The molecule has 2 aromatic carbocycles. The van der Waals surface area contributed by atoms with E-state index in [-0.39, 0.29) is 21.4 Å². The summed E-state index contributed by atoms with van der Waals surface area (Å²) in [5.74, 6) is -0.830. The van der Waals surface area contributed by atoms with E-state index in [0.29, 0.717) is 11.3 Å². The van der Waals surface area contributed by atoms with Crippen LogP contribution in [0.1, 0.15) is 34.6 Å². The van der Waals surface area contributed by atoms with Gasteiger partial charge in [0.25, 0.3) is 11.8 Å². The second-order valence-electron chi connectivity index (χ2n) is 6.44. The zero-order chi connectivity index (χ0) is 20.4. The Bertz CT molecular complexity index is 985. The van der Waals surface area contributed by atoms with Gasteiger partial charge in [-0.1, -0.05) is 23.7 Å². The minimum Gasteiger partial charge on any atom is -0.345 e. The number of rotatable bonds is 5. The highest BCUT2D eigenvalue weighted by Crippen LogP contribution is 2.24. The van der Waals surface area contributed by atoms with E-state index >= 15 is 0 Å². The Morgan fingerprint density at radius 2 is 1.67 bits per heavy atom. The molecule has 144 valence electrons. The van der Waals surface area contributed by atoms with Crippen LogP contribution < -0.4 is 5.32 Å². The molecule has 0 bridgehead atoms. The van der Waals surface area contributed by atoms with Crippen LogP contribution in [0.15, 0.2) is 47.4 Å². The van der Waals surface area contributed by atoms with Gasteiger partial charge < -0.3 is 10.2 Å². The van der Waals surface area contributed by atoms with Crippen molar-refractivity contribution in [1.82, 2.24) is 4.90 Å². The average Bonchev–Trinajstić information content (AvgIpc) is 2.61. The fraction of sp³-hybridized carbons (Fsp3) is 0.263. The first-order valence-electron chi connectivity index (χ1n) is 8.21. The molecule has 0 aromatic heterocycles. The number of amides is 2. The Balaban J connectivity index is 2.35. The standard InChI is InChI=1S/C19H21ClN2O4S/c1-12(2)27(25,26)17-8-6-5-7-15(17)18(23)21-13-9-10-14(16(20)11-13)19(24)22(3)4/h5-12H,1-4H3,(H,21,23). The van der Waals surface area contributed by atoms with Crippen molar-refractivity contribution in [1.29, 1.82) is 0 Å². The zero-order valence-corrected chi connectivity index (χ0v) is 17.1. The first-order valence-corrected chi connectivity index (χ1v) is 10.1. The van der Waals surface area contributed by atoms with E-state index in [4.69, 9.17) is 11.6 Å². The van der Waals surface area contributed by atoms with Gasteiger partial charge in [-0.15, -0.1) is 0 Å². The Hall–Kier alpha value is -2.38. The number of anilines is 1. The number of hydrogen-bond donors (Lipinski definition) is 1. The third-order valence-corrected chi connectivity index (χ3v) is 6.45. The molecule has 1 N–H and O–H groups in total. The number of hydrogen-bond acceptors (Lipinski definition) is 4. The van der Waals surface area contributed by atoms with E-state index < -0.39 is 21.0 Å².